The van der Waals surface area contributed by atoms with E-state index in [0.29, 0.717) is 12.3 Å². The van der Waals surface area contributed by atoms with Gasteiger partial charge >= 0.3 is 5.97 Å². The summed E-state index contributed by atoms with van der Waals surface area (Å²) in [7, 11) is 0. The molecule has 1 aromatic carbocycles. The molecule has 0 saturated heterocycles. The Kier molecular flexibility index (Phi) is 3.50. The van der Waals surface area contributed by atoms with E-state index in [1.165, 1.54) is 5.56 Å². The van der Waals surface area contributed by atoms with Crippen molar-refractivity contribution >= 4 is 5.97 Å². The van der Waals surface area contributed by atoms with Crippen molar-refractivity contribution in [2.24, 2.45) is 0 Å². The number of hydrogen-bond acceptors (Lipinski definition) is 3. The molecule has 0 fully saturated rings. The molecule has 1 aliphatic rings. The first-order valence-corrected chi connectivity index (χ1v) is 7.05. The van der Waals surface area contributed by atoms with Crippen LogP contribution in [0.4, 0.5) is 0 Å². The number of carbonyl (C=O) groups is 1. The van der Waals surface area contributed by atoms with Crippen molar-refractivity contribution in [2.75, 3.05) is 6.61 Å². The lowest BCUT2D eigenvalue weighted by molar-refractivity contribution is 0.0518. The summed E-state index contributed by atoms with van der Waals surface area (Å²) in [6, 6.07) is 12.1. The minimum Gasteiger partial charge on any atom is -0.461 e. The van der Waals surface area contributed by atoms with Crippen molar-refractivity contribution in [3.8, 4) is 11.3 Å². The molecule has 0 bridgehead atoms. The summed E-state index contributed by atoms with van der Waals surface area (Å²) in [6.45, 7) is 2.20. The minimum atomic E-state index is -0.302. The minimum absolute atomic E-state index is 0.302. The molecule has 2 aromatic rings. The van der Waals surface area contributed by atoms with Gasteiger partial charge < -0.3 is 4.74 Å². The number of carbonyl (C=O) groups excluding carboxylic acids is 1. The van der Waals surface area contributed by atoms with Gasteiger partial charge in [-0.25, -0.2) is 9.78 Å². The fraction of sp³-hybridized carbons (Fsp3) is 0.294. The van der Waals surface area contributed by atoms with Crippen LogP contribution in [0.2, 0.25) is 0 Å². The van der Waals surface area contributed by atoms with E-state index in [1.54, 1.807) is 0 Å². The topological polar surface area (TPSA) is 39.2 Å². The first kappa shape index (κ1) is 12.9. The summed E-state index contributed by atoms with van der Waals surface area (Å²) in [5.41, 5.74) is 4.70. The van der Waals surface area contributed by atoms with Gasteiger partial charge in [0.25, 0.3) is 0 Å². The summed E-state index contributed by atoms with van der Waals surface area (Å²) < 4.78 is 5.14. The van der Waals surface area contributed by atoms with Crippen LogP contribution in [0.3, 0.4) is 0 Å². The van der Waals surface area contributed by atoms with Gasteiger partial charge in [-0.2, -0.15) is 0 Å². The molecule has 0 unspecified atom stereocenters. The van der Waals surface area contributed by atoms with Crippen molar-refractivity contribution in [1.29, 1.82) is 0 Å². The highest BCUT2D eigenvalue weighted by molar-refractivity contribution is 5.90. The Labute approximate surface area is 118 Å². The normalized spacial score (nSPS) is 13.1. The van der Waals surface area contributed by atoms with Gasteiger partial charge in [0.1, 0.15) is 0 Å². The number of nitrogens with zero attached hydrogens (tertiary/aromatic N) is 1. The number of esters is 1. The molecule has 3 heteroatoms. The van der Waals surface area contributed by atoms with Crippen molar-refractivity contribution in [1.82, 2.24) is 4.98 Å². The maximum atomic E-state index is 12.1. The van der Waals surface area contributed by atoms with Crippen LogP contribution in [-0.2, 0) is 17.6 Å². The third kappa shape index (κ3) is 2.31. The fourth-order valence-corrected chi connectivity index (χ4v) is 2.71. The SMILES string of the molecule is CCOC(=O)c1nc(-c2ccccc2)cc2c1CCC2. The van der Waals surface area contributed by atoms with Crippen LogP contribution in [0, 0.1) is 0 Å². The first-order chi connectivity index (χ1) is 9.79. The summed E-state index contributed by atoms with van der Waals surface area (Å²) >= 11 is 0. The lowest BCUT2D eigenvalue weighted by atomic mass is 10.0. The molecule has 0 radical (unpaired) electrons. The molecular weight excluding hydrogens is 250 g/mol. The number of ether oxygens (including phenoxy) is 1. The zero-order valence-electron chi connectivity index (χ0n) is 11.6. The van der Waals surface area contributed by atoms with Crippen molar-refractivity contribution in [2.45, 2.75) is 26.2 Å². The molecule has 0 atom stereocenters. The Hall–Kier alpha value is -2.16. The highest BCUT2D eigenvalue weighted by Crippen LogP contribution is 2.29. The molecule has 0 saturated carbocycles. The second kappa shape index (κ2) is 5.45. The Morgan fingerprint density at radius 1 is 1.25 bits per heavy atom. The summed E-state index contributed by atoms with van der Waals surface area (Å²) in [6.07, 6.45) is 3.03. The number of benzene rings is 1. The Morgan fingerprint density at radius 3 is 2.80 bits per heavy atom. The van der Waals surface area contributed by atoms with Gasteiger partial charge in [0.15, 0.2) is 5.69 Å². The van der Waals surface area contributed by atoms with Crippen molar-refractivity contribution < 1.29 is 9.53 Å². The summed E-state index contributed by atoms with van der Waals surface area (Å²) in [5.74, 6) is -0.302. The Bertz CT molecular complexity index is 635. The molecule has 0 aliphatic heterocycles. The maximum Gasteiger partial charge on any atom is 0.357 e. The summed E-state index contributed by atoms with van der Waals surface area (Å²) in [4.78, 5) is 16.7. The van der Waals surface area contributed by atoms with E-state index in [-0.39, 0.29) is 5.97 Å². The number of aromatic nitrogens is 1. The predicted octanol–water partition coefficient (Wildman–Crippen LogP) is 3.41. The van der Waals surface area contributed by atoms with Crippen LogP contribution >= 0.6 is 0 Å². The number of hydrogen-bond donors (Lipinski definition) is 0. The van der Waals surface area contributed by atoms with Crippen molar-refractivity contribution in [3.63, 3.8) is 0 Å². The number of aryl methyl sites for hydroxylation is 1. The average Bonchev–Trinajstić information content (AvgIpc) is 2.95. The van der Waals surface area contributed by atoms with Crippen LogP contribution in [0.5, 0.6) is 0 Å². The molecule has 1 aliphatic carbocycles. The highest BCUT2D eigenvalue weighted by Gasteiger charge is 2.23. The van der Waals surface area contributed by atoms with E-state index in [1.807, 2.05) is 37.3 Å². The third-order valence-corrected chi connectivity index (χ3v) is 3.63. The first-order valence-electron chi connectivity index (χ1n) is 7.05. The van der Waals surface area contributed by atoms with Crippen molar-refractivity contribution in [3.05, 3.63) is 53.2 Å². The van der Waals surface area contributed by atoms with E-state index in [4.69, 9.17) is 4.74 Å². The van der Waals surface area contributed by atoms with Gasteiger partial charge in [-0.05, 0) is 43.4 Å². The second-order valence-electron chi connectivity index (χ2n) is 4.93. The molecule has 20 heavy (non-hydrogen) atoms. The summed E-state index contributed by atoms with van der Waals surface area (Å²) in [5, 5.41) is 0. The van der Waals surface area contributed by atoms with Gasteiger partial charge in [-0.3, -0.25) is 0 Å². The molecule has 102 valence electrons. The molecule has 1 aromatic heterocycles. The molecule has 0 N–H and O–H groups in total. The maximum absolute atomic E-state index is 12.1. The van der Waals surface area contributed by atoms with Gasteiger partial charge in [-0.15, -0.1) is 0 Å². The second-order valence-corrected chi connectivity index (χ2v) is 4.93. The van der Waals surface area contributed by atoms with E-state index in [0.717, 1.165) is 36.1 Å². The Morgan fingerprint density at radius 2 is 2.05 bits per heavy atom. The molecular formula is C17H17NO2. The standard InChI is InChI=1S/C17H17NO2/c1-2-20-17(19)16-14-10-6-9-13(14)11-15(18-16)12-7-4-3-5-8-12/h3-5,7-8,11H,2,6,9-10H2,1H3. The van der Waals surface area contributed by atoms with Crippen LogP contribution in [0.15, 0.2) is 36.4 Å². The lowest BCUT2D eigenvalue weighted by Gasteiger charge is -2.10. The predicted molar refractivity (Wildman–Crippen MR) is 77.7 cm³/mol. The van der Waals surface area contributed by atoms with Crippen LogP contribution in [0.25, 0.3) is 11.3 Å². The van der Waals surface area contributed by atoms with Crippen LogP contribution in [-0.4, -0.2) is 17.6 Å². The third-order valence-electron chi connectivity index (χ3n) is 3.63. The fourth-order valence-electron chi connectivity index (χ4n) is 2.71. The zero-order valence-corrected chi connectivity index (χ0v) is 11.6. The smallest absolute Gasteiger partial charge is 0.357 e. The van der Waals surface area contributed by atoms with Gasteiger partial charge in [0, 0.05) is 5.56 Å². The van der Waals surface area contributed by atoms with Gasteiger partial charge in [0.2, 0.25) is 0 Å². The molecule has 3 rings (SSSR count). The number of pyridine rings is 1. The number of rotatable bonds is 3. The highest BCUT2D eigenvalue weighted by atomic mass is 16.5. The van der Waals surface area contributed by atoms with Crippen LogP contribution < -0.4 is 0 Å². The lowest BCUT2D eigenvalue weighted by Crippen LogP contribution is -2.11. The molecule has 1 heterocycles. The van der Waals surface area contributed by atoms with Gasteiger partial charge in [-0.1, -0.05) is 30.3 Å². The average molecular weight is 267 g/mol. The van der Waals surface area contributed by atoms with E-state index < -0.39 is 0 Å². The molecule has 0 spiro atoms. The van der Waals surface area contributed by atoms with E-state index in [2.05, 4.69) is 11.1 Å². The molecule has 0 amide bonds. The van der Waals surface area contributed by atoms with Gasteiger partial charge in [0.05, 0.1) is 12.3 Å². The number of fused-ring (bicyclic) bond motifs is 1. The van der Waals surface area contributed by atoms with E-state index >= 15 is 0 Å². The largest absolute Gasteiger partial charge is 0.461 e. The van der Waals surface area contributed by atoms with E-state index in [9.17, 15) is 4.79 Å². The zero-order chi connectivity index (χ0) is 13.9. The molecule has 3 nitrogen and oxygen atoms in total. The van der Waals surface area contributed by atoms with Crippen LogP contribution in [0.1, 0.15) is 35.0 Å². The quantitative estimate of drug-likeness (QED) is 0.800. The monoisotopic (exact) mass is 267 g/mol. The Balaban J connectivity index is 2.10.